The lowest BCUT2D eigenvalue weighted by molar-refractivity contribution is -0.119. The van der Waals surface area contributed by atoms with Crippen molar-refractivity contribution < 1.29 is 4.79 Å². The topological polar surface area (TPSA) is 29.1 Å². The Kier molecular flexibility index (Phi) is 6.33. The Balaban J connectivity index is 1.89. The molecular formula is C16H18BrNOS2. The number of benzene rings is 1. The highest BCUT2D eigenvalue weighted by Crippen LogP contribution is 2.26. The Morgan fingerprint density at radius 1 is 1.29 bits per heavy atom. The van der Waals surface area contributed by atoms with E-state index in [1.54, 1.807) is 23.1 Å². The maximum atomic E-state index is 12.2. The molecular weight excluding hydrogens is 366 g/mol. The van der Waals surface area contributed by atoms with E-state index in [2.05, 4.69) is 41.2 Å². The molecule has 0 radical (unpaired) electrons. The highest BCUT2D eigenvalue weighted by Gasteiger charge is 2.19. The highest BCUT2D eigenvalue weighted by atomic mass is 79.9. The van der Waals surface area contributed by atoms with Crippen molar-refractivity contribution in [1.29, 1.82) is 0 Å². The molecule has 0 saturated heterocycles. The van der Waals surface area contributed by atoms with E-state index >= 15 is 0 Å². The molecule has 2 aromatic rings. The quantitative estimate of drug-likeness (QED) is 0.701. The fraction of sp³-hybridized carbons (Fsp3) is 0.312. The van der Waals surface area contributed by atoms with E-state index < -0.39 is 0 Å². The molecule has 5 heteroatoms. The fourth-order valence-electron chi connectivity index (χ4n) is 1.93. The van der Waals surface area contributed by atoms with Crippen LogP contribution in [0.5, 0.6) is 0 Å². The van der Waals surface area contributed by atoms with Gasteiger partial charge in [0.05, 0.1) is 11.8 Å². The number of carbonyl (C=O) groups is 1. The minimum absolute atomic E-state index is 0.0787. The van der Waals surface area contributed by atoms with Crippen molar-refractivity contribution in [1.82, 2.24) is 5.32 Å². The van der Waals surface area contributed by atoms with Gasteiger partial charge in [-0.3, -0.25) is 4.79 Å². The first-order valence-corrected chi connectivity index (χ1v) is 9.43. The molecule has 2 nitrogen and oxygen atoms in total. The van der Waals surface area contributed by atoms with Crippen molar-refractivity contribution in [3.05, 3.63) is 51.1 Å². The Morgan fingerprint density at radius 2 is 2.00 bits per heavy atom. The molecule has 1 aromatic heterocycles. The zero-order valence-electron chi connectivity index (χ0n) is 12.0. The minimum Gasteiger partial charge on any atom is -0.347 e. The fourth-order valence-corrected chi connectivity index (χ4v) is 3.85. The lowest BCUT2D eigenvalue weighted by atomic mass is 10.0. The van der Waals surface area contributed by atoms with Gasteiger partial charge in [-0.2, -0.15) is 0 Å². The standard InChI is InChI=1S/C16H18BrNOS2/c1-11(2)16(14-4-3-9-20-14)18-15(19)10-21-13-7-5-12(17)6-8-13/h3-9,11,16H,10H2,1-2H3,(H,18,19)/t16-/m1/s1. The van der Waals surface area contributed by atoms with E-state index in [9.17, 15) is 4.79 Å². The van der Waals surface area contributed by atoms with Crippen LogP contribution >= 0.6 is 39.0 Å². The number of thioether (sulfide) groups is 1. The number of rotatable bonds is 6. The van der Waals surface area contributed by atoms with Crippen molar-refractivity contribution in [2.45, 2.75) is 24.8 Å². The molecule has 0 fully saturated rings. The van der Waals surface area contributed by atoms with Gasteiger partial charge in [0.2, 0.25) is 5.91 Å². The zero-order valence-corrected chi connectivity index (χ0v) is 15.2. The molecule has 0 aliphatic heterocycles. The number of hydrogen-bond acceptors (Lipinski definition) is 3. The molecule has 2 rings (SSSR count). The first-order chi connectivity index (χ1) is 10.1. The van der Waals surface area contributed by atoms with Crippen molar-refractivity contribution in [2.24, 2.45) is 5.92 Å². The SMILES string of the molecule is CC(C)[C@@H](NC(=O)CSc1ccc(Br)cc1)c1cccs1. The maximum absolute atomic E-state index is 12.2. The molecule has 1 atom stereocenters. The molecule has 1 aromatic carbocycles. The predicted octanol–water partition coefficient (Wildman–Crippen LogP) is 5.12. The van der Waals surface area contributed by atoms with Crippen LogP contribution in [0.4, 0.5) is 0 Å². The summed E-state index contributed by atoms with van der Waals surface area (Å²) in [6.45, 7) is 4.26. The van der Waals surface area contributed by atoms with E-state index in [4.69, 9.17) is 0 Å². The number of halogens is 1. The number of amides is 1. The Labute approximate surface area is 142 Å². The molecule has 0 aliphatic rings. The zero-order chi connectivity index (χ0) is 15.2. The molecule has 1 amide bonds. The molecule has 0 bridgehead atoms. The van der Waals surface area contributed by atoms with Crippen LogP contribution in [0.2, 0.25) is 0 Å². The van der Waals surface area contributed by atoms with Crippen LogP contribution in [0, 0.1) is 5.92 Å². The van der Waals surface area contributed by atoms with Crippen molar-refractivity contribution in [3.63, 3.8) is 0 Å². The lowest BCUT2D eigenvalue weighted by Gasteiger charge is -2.21. The first kappa shape index (κ1) is 16.6. The van der Waals surface area contributed by atoms with Gasteiger partial charge in [0.1, 0.15) is 0 Å². The van der Waals surface area contributed by atoms with E-state index in [0.29, 0.717) is 11.7 Å². The molecule has 0 unspecified atom stereocenters. The summed E-state index contributed by atoms with van der Waals surface area (Å²) in [7, 11) is 0. The molecule has 0 aliphatic carbocycles. The molecule has 1 heterocycles. The van der Waals surface area contributed by atoms with Gasteiger partial charge in [-0.1, -0.05) is 35.8 Å². The van der Waals surface area contributed by atoms with Gasteiger partial charge in [-0.05, 0) is 41.6 Å². The number of carbonyl (C=O) groups excluding carboxylic acids is 1. The average molecular weight is 384 g/mol. The third kappa shape index (κ3) is 5.16. The molecule has 0 saturated carbocycles. The van der Waals surface area contributed by atoms with Crippen LogP contribution in [-0.2, 0) is 4.79 Å². The summed E-state index contributed by atoms with van der Waals surface area (Å²) in [5.41, 5.74) is 0. The smallest absolute Gasteiger partial charge is 0.230 e. The summed E-state index contributed by atoms with van der Waals surface area (Å²) in [4.78, 5) is 14.5. The van der Waals surface area contributed by atoms with Crippen molar-refractivity contribution in [2.75, 3.05) is 5.75 Å². The Morgan fingerprint density at radius 3 is 2.57 bits per heavy atom. The summed E-state index contributed by atoms with van der Waals surface area (Å²) in [6.07, 6.45) is 0. The van der Waals surface area contributed by atoms with E-state index in [-0.39, 0.29) is 11.9 Å². The molecule has 21 heavy (non-hydrogen) atoms. The van der Waals surface area contributed by atoms with Gasteiger partial charge in [-0.25, -0.2) is 0 Å². The van der Waals surface area contributed by atoms with Crippen LogP contribution in [0.15, 0.2) is 51.1 Å². The second-order valence-corrected chi connectivity index (χ2v) is 7.99. The summed E-state index contributed by atoms with van der Waals surface area (Å²) < 4.78 is 1.05. The van der Waals surface area contributed by atoms with Gasteiger partial charge in [0.15, 0.2) is 0 Å². The van der Waals surface area contributed by atoms with Crippen LogP contribution in [0.1, 0.15) is 24.8 Å². The lowest BCUT2D eigenvalue weighted by Crippen LogP contribution is -2.32. The van der Waals surface area contributed by atoms with E-state index in [1.165, 1.54) is 4.88 Å². The molecule has 1 N–H and O–H groups in total. The van der Waals surface area contributed by atoms with Crippen molar-refractivity contribution in [3.8, 4) is 0 Å². The minimum atomic E-state index is 0.0787. The van der Waals surface area contributed by atoms with Gasteiger partial charge in [0, 0.05) is 14.2 Å². The summed E-state index contributed by atoms with van der Waals surface area (Å²) in [6, 6.07) is 12.2. The summed E-state index contributed by atoms with van der Waals surface area (Å²) >= 11 is 6.66. The van der Waals surface area contributed by atoms with E-state index in [1.807, 2.05) is 35.7 Å². The maximum Gasteiger partial charge on any atom is 0.230 e. The van der Waals surface area contributed by atoms with E-state index in [0.717, 1.165) is 9.37 Å². The third-order valence-corrected chi connectivity index (χ3v) is 5.51. The second kappa shape index (κ2) is 8.01. The molecule has 0 spiro atoms. The van der Waals surface area contributed by atoms with Gasteiger partial charge >= 0.3 is 0 Å². The van der Waals surface area contributed by atoms with Gasteiger partial charge in [0.25, 0.3) is 0 Å². The average Bonchev–Trinajstić information content (AvgIpc) is 2.97. The normalized spacial score (nSPS) is 12.4. The van der Waals surface area contributed by atoms with Crippen molar-refractivity contribution >= 4 is 44.9 Å². The van der Waals surface area contributed by atoms with Gasteiger partial charge < -0.3 is 5.32 Å². The summed E-state index contributed by atoms with van der Waals surface area (Å²) in [5, 5.41) is 5.19. The predicted molar refractivity (Wildman–Crippen MR) is 94.9 cm³/mol. The highest BCUT2D eigenvalue weighted by molar-refractivity contribution is 9.10. The van der Waals surface area contributed by atoms with Gasteiger partial charge in [-0.15, -0.1) is 23.1 Å². The monoisotopic (exact) mass is 383 g/mol. The van der Waals surface area contributed by atoms with Crippen LogP contribution in [0.3, 0.4) is 0 Å². The summed E-state index contributed by atoms with van der Waals surface area (Å²) in [5.74, 6) is 0.899. The number of nitrogens with one attached hydrogen (secondary N) is 1. The largest absolute Gasteiger partial charge is 0.347 e. The Hall–Kier alpha value is -0.780. The van der Waals surface area contributed by atoms with Crippen LogP contribution in [-0.4, -0.2) is 11.7 Å². The van der Waals surface area contributed by atoms with Crippen LogP contribution < -0.4 is 5.32 Å². The molecule has 112 valence electrons. The third-order valence-electron chi connectivity index (χ3n) is 3.02. The van der Waals surface area contributed by atoms with Crippen LogP contribution in [0.25, 0.3) is 0 Å². The second-order valence-electron chi connectivity index (χ2n) is 5.05. The first-order valence-electron chi connectivity index (χ1n) is 6.77. The number of hydrogen-bond donors (Lipinski definition) is 1. The number of thiophene rings is 1. The Bertz CT molecular complexity index is 566.